The van der Waals surface area contributed by atoms with Gasteiger partial charge in [-0.3, -0.25) is 4.79 Å². The molecule has 2 aromatic rings. The summed E-state index contributed by atoms with van der Waals surface area (Å²) in [5.41, 5.74) is 4.31. The zero-order valence-corrected chi connectivity index (χ0v) is 13.6. The van der Waals surface area contributed by atoms with Crippen LogP contribution in [0.15, 0.2) is 48.5 Å². The van der Waals surface area contributed by atoms with Gasteiger partial charge in [0.25, 0.3) is 5.91 Å². The van der Waals surface area contributed by atoms with E-state index >= 15 is 0 Å². The van der Waals surface area contributed by atoms with Gasteiger partial charge in [0.2, 0.25) is 0 Å². The highest BCUT2D eigenvalue weighted by Crippen LogP contribution is 2.26. The minimum absolute atomic E-state index is 0.00134. The van der Waals surface area contributed by atoms with Gasteiger partial charge in [0.15, 0.2) is 0 Å². The van der Waals surface area contributed by atoms with Crippen molar-refractivity contribution in [3.8, 4) is 5.75 Å². The highest BCUT2D eigenvalue weighted by molar-refractivity contribution is 6.04. The Bertz CT molecular complexity index is 749. The molecule has 118 valence electrons. The van der Waals surface area contributed by atoms with E-state index in [4.69, 9.17) is 4.74 Å². The van der Waals surface area contributed by atoms with E-state index in [9.17, 15) is 4.79 Å². The van der Waals surface area contributed by atoms with Crippen molar-refractivity contribution in [2.24, 2.45) is 0 Å². The third-order valence-electron chi connectivity index (χ3n) is 4.12. The number of hydrogen-bond donors (Lipinski definition) is 0. The van der Waals surface area contributed by atoms with Gasteiger partial charge >= 0.3 is 0 Å². The van der Waals surface area contributed by atoms with E-state index in [2.05, 4.69) is 6.07 Å². The van der Waals surface area contributed by atoms with Crippen LogP contribution in [0, 0.1) is 6.92 Å². The number of benzene rings is 2. The zero-order valence-electron chi connectivity index (χ0n) is 13.6. The van der Waals surface area contributed by atoms with Crippen molar-refractivity contribution < 1.29 is 9.53 Å². The Labute approximate surface area is 137 Å². The van der Waals surface area contributed by atoms with Crippen molar-refractivity contribution in [1.29, 1.82) is 0 Å². The molecule has 3 nitrogen and oxygen atoms in total. The van der Waals surface area contributed by atoms with Gasteiger partial charge < -0.3 is 9.64 Å². The summed E-state index contributed by atoms with van der Waals surface area (Å²) in [6.45, 7) is 5.41. The first-order chi connectivity index (χ1) is 11.2. The molecule has 0 fully saturated rings. The Hall–Kier alpha value is -2.55. The van der Waals surface area contributed by atoms with Crippen molar-refractivity contribution >= 4 is 17.7 Å². The fraction of sp³-hybridized carbons (Fsp3) is 0.250. The standard InChI is InChI=1S/C20H21NO2/c1-3-21(18-7-5-4-6-15(18)2)20(22)11-9-16-8-10-19-17(14-16)12-13-23-19/h4-11,14H,3,12-13H2,1-2H3/b11-9+. The fourth-order valence-electron chi connectivity index (χ4n) is 2.88. The van der Waals surface area contributed by atoms with Crippen molar-refractivity contribution in [1.82, 2.24) is 0 Å². The Kier molecular flexibility index (Phi) is 4.47. The maximum atomic E-state index is 12.5. The lowest BCUT2D eigenvalue weighted by molar-refractivity contribution is -0.114. The molecule has 1 aliphatic heterocycles. The van der Waals surface area contributed by atoms with Crippen LogP contribution < -0.4 is 9.64 Å². The number of likely N-dealkylation sites (N-methyl/N-ethyl adjacent to an activating group) is 1. The van der Waals surface area contributed by atoms with E-state index in [0.717, 1.165) is 35.6 Å². The Morgan fingerprint density at radius 2 is 2.09 bits per heavy atom. The summed E-state index contributed by atoms with van der Waals surface area (Å²) in [6.07, 6.45) is 4.46. The zero-order chi connectivity index (χ0) is 16.2. The first-order valence-electron chi connectivity index (χ1n) is 8.00. The number of rotatable bonds is 4. The predicted octanol–water partition coefficient (Wildman–Crippen LogP) is 4.00. The monoisotopic (exact) mass is 307 g/mol. The van der Waals surface area contributed by atoms with E-state index in [1.54, 1.807) is 11.0 Å². The number of para-hydroxylation sites is 1. The molecule has 0 aliphatic carbocycles. The molecule has 0 saturated carbocycles. The largest absolute Gasteiger partial charge is 0.493 e. The smallest absolute Gasteiger partial charge is 0.250 e. The molecule has 0 bridgehead atoms. The number of hydrogen-bond acceptors (Lipinski definition) is 2. The van der Waals surface area contributed by atoms with E-state index < -0.39 is 0 Å². The molecule has 0 radical (unpaired) electrons. The Morgan fingerprint density at radius 3 is 2.87 bits per heavy atom. The van der Waals surface area contributed by atoms with Crippen LogP contribution in [0.2, 0.25) is 0 Å². The molecule has 0 aromatic heterocycles. The van der Waals surface area contributed by atoms with Gasteiger partial charge in [0.05, 0.1) is 6.61 Å². The number of amides is 1. The maximum Gasteiger partial charge on any atom is 0.250 e. The summed E-state index contributed by atoms with van der Waals surface area (Å²) in [5, 5.41) is 0. The minimum Gasteiger partial charge on any atom is -0.493 e. The van der Waals surface area contributed by atoms with Crippen LogP contribution in [0.1, 0.15) is 23.6 Å². The van der Waals surface area contributed by atoms with E-state index in [1.165, 1.54) is 5.56 Å². The van der Waals surface area contributed by atoms with E-state index in [0.29, 0.717) is 6.54 Å². The average Bonchev–Trinajstić information content (AvgIpc) is 3.03. The fourth-order valence-corrected chi connectivity index (χ4v) is 2.88. The molecule has 0 atom stereocenters. The summed E-state index contributed by atoms with van der Waals surface area (Å²) in [5.74, 6) is 0.960. The number of ether oxygens (including phenoxy) is 1. The Morgan fingerprint density at radius 1 is 1.26 bits per heavy atom. The van der Waals surface area contributed by atoms with Crippen molar-refractivity contribution in [2.45, 2.75) is 20.3 Å². The molecular formula is C20H21NO2. The summed E-state index contributed by atoms with van der Waals surface area (Å²) in [4.78, 5) is 14.3. The molecule has 0 unspecified atom stereocenters. The maximum absolute atomic E-state index is 12.5. The third-order valence-corrected chi connectivity index (χ3v) is 4.12. The van der Waals surface area contributed by atoms with Crippen molar-refractivity contribution in [3.63, 3.8) is 0 Å². The van der Waals surface area contributed by atoms with Gasteiger partial charge in [-0.15, -0.1) is 0 Å². The molecule has 1 heterocycles. The third kappa shape index (κ3) is 3.29. The van der Waals surface area contributed by atoms with Crippen molar-refractivity contribution in [2.75, 3.05) is 18.1 Å². The number of carbonyl (C=O) groups excluding carboxylic acids is 1. The molecule has 0 N–H and O–H groups in total. The molecule has 2 aromatic carbocycles. The van der Waals surface area contributed by atoms with Gasteiger partial charge in [0.1, 0.15) is 5.75 Å². The molecular weight excluding hydrogens is 286 g/mol. The molecule has 1 amide bonds. The van der Waals surface area contributed by atoms with Crippen LogP contribution in [0.5, 0.6) is 5.75 Å². The number of anilines is 1. The van der Waals surface area contributed by atoms with Gasteiger partial charge in [-0.2, -0.15) is 0 Å². The first-order valence-corrected chi connectivity index (χ1v) is 8.00. The van der Waals surface area contributed by atoms with E-state index in [1.807, 2.05) is 56.3 Å². The van der Waals surface area contributed by atoms with Gasteiger partial charge in [0, 0.05) is 24.7 Å². The summed E-state index contributed by atoms with van der Waals surface area (Å²) in [6, 6.07) is 14.0. The van der Waals surface area contributed by atoms with Gasteiger partial charge in [-0.05, 0) is 54.8 Å². The lowest BCUT2D eigenvalue weighted by Crippen LogP contribution is -2.29. The number of nitrogens with zero attached hydrogens (tertiary/aromatic N) is 1. The number of carbonyl (C=O) groups is 1. The normalized spacial score (nSPS) is 13.0. The highest BCUT2D eigenvalue weighted by Gasteiger charge is 2.14. The second-order valence-electron chi connectivity index (χ2n) is 5.67. The van der Waals surface area contributed by atoms with Crippen LogP contribution in [-0.2, 0) is 11.2 Å². The van der Waals surface area contributed by atoms with Crippen LogP contribution in [0.3, 0.4) is 0 Å². The molecule has 0 spiro atoms. The van der Waals surface area contributed by atoms with Crippen molar-refractivity contribution in [3.05, 3.63) is 65.2 Å². The van der Waals surface area contributed by atoms with Crippen LogP contribution in [-0.4, -0.2) is 19.1 Å². The molecule has 3 heteroatoms. The van der Waals surface area contributed by atoms with Crippen LogP contribution >= 0.6 is 0 Å². The number of aryl methyl sites for hydroxylation is 1. The average molecular weight is 307 g/mol. The van der Waals surface area contributed by atoms with Gasteiger partial charge in [-0.25, -0.2) is 0 Å². The molecule has 0 saturated heterocycles. The summed E-state index contributed by atoms with van der Waals surface area (Å²) >= 11 is 0. The summed E-state index contributed by atoms with van der Waals surface area (Å²) in [7, 11) is 0. The molecule has 1 aliphatic rings. The van der Waals surface area contributed by atoms with Gasteiger partial charge in [-0.1, -0.05) is 24.3 Å². The predicted molar refractivity (Wildman–Crippen MR) is 93.9 cm³/mol. The second-order valence-corrected chi connectivity index (χ2v) is 5.67. The topological polar surface area (TPSA) is 29.5 Å². The van der Waals surface area contributed by atoms with Crippen LogP contribution in [0.4, 0.5) is 5.69 Å². The lowest BCUT2D eigenvalue weighted by atomic mass is 10.1. The molecule has 3 rings (SSSR count). The molecule has 23 heavy (non-hydrogen) atoms. The lowest BCUT2D eigenvalue weighted by Gasteiger charge is -2.21. The van der Waals surface area contributed by atoms with Crippen LogP contribution in [0.25, 0.3) is 6.08 Å². The quantitative estimate of drug-likeness (QED) is 0.799. The SMILES string of the molecule is CCN(C(=O)/C=C/c1ccc2c(c1)CCO2)c1ccccc1C. The number of fused-ring (bicyclic) bond motifs is 1. The highest BCUT2D eigenvalue weighted by atomic mass is 16.5. The Balaban J connectivity index is 1.78. The second kappa shape index (κ2) is 6.69. The van der Waals surface area contributed by atoms with E-state index in [-0.39, 0.29) is 5.91 Å². The first kappa shape index (κ1) is 15.3. The minimum atomic E-state index is -0.00134. The summed E-state index contributed by atoms with van der Waals surface area (Å²) < 4.78 is 5.51.